The first-order valence-electron chi connectivity index (χ1n) is 6.21. The molecule has 1 fully saturated rings. The molecular weight excluding hydrogens is 250 g/mol. The van der Waals surface area contributed by atoms with Gasteiger partial charge in [-0.3, -0.25) is 4.79 Å². The molecule has 0 unspecified atom stereocenters. The van der Waals surface area contributed by atoms with Gasteiger partial charge in [0.2, 0.25) is 5.91 Å². The number of aryl methyl sites for hydroxylation is 1. The summed E-state index contributed by atoms with van der Waals surface area (Å²) in [6.07, 6.45) is 5.48. The predicted octanol–water partition coefficient (Wildman–Crippen LogP) is 2.50. The molecule has 4 nitrogen and oxygen atoms in total. The van der Waals surface area contributed by atoms with E-state index >= 15 is 0 Å². The average Bonchev–Trinajstić information content (AvgIpc) is 2.82. The van der Waals surface area contributed by atoms with E-state index in [2.05, 4.69) is 10.3 Å². The van der Waals surface area contributed by atoms with E-state index in [0.717, 1.165) is 31.2 Å². The summed E-state index contributed by atoms with van der Waals surface area (Å²) >= 11 is 5.79. The lowest BCUT2D eigenvalue weighted by atomic mass is 9.85. The highest BCUT2D eigenvalue weighted by Crippen LogP contribution is 2.38. The third-order valence-corrected chi connectivity index (χ3v) is 3.97. The Labute approximate surface area is 112 Å². The van der Waals surface area contributed by atoms with Crippen molar-refractivity contribution in [3.63, 3.8) is 0 Å². The minimum atomic E-state index is -0.397. The number of anilines is 1. The van der Waals surface area contributed by atoms with Crippen LogP contribution in [0.3, 0.4) is 0 Å². The fraction of sp³-hybridized carbons (Fsp3) is 0.538. The van der Waals surface area contributed by atoms with Gasteiger partial charge in [0.15, 0.2) is 0 Å². The van der Waals surface area contributed by atoms with Crippen LogP contribution in [-0.2, 0) is 4.79 Å². The summed E-state index contributed by atoms with van der Waals surface area (Å²) in [5.41, 5.74) is 7.01. The zero-order valence-corrected chi connectivity index (χ0v) is 11.3. The fourth-order valence-corrected chi connectivity index (χ4v) is 2.70. The Hall–Kier alpha value is -1.13. The van der Waals surface area contributed by atoms with Gasteiger partial charge in [-0.05, 0) is 31.4 Å². The third-order valence-electron chi connectivity index (χ3n) is 3.76. The van der Waals surface area contributed by atoms with Gasteiger partial charge in [0.05, 0.1) is 17.3 Å². The molecule has 1 saturated carbocycles. The number of carbonyl (C=O) groups excluding carboxylic acids is 1. The molecule has 98 valence electrons. The Kier molecular flexibility index (Phi) is 3.88. The molecule has 1 aliphatic rings. The standard InChI is InChI=1S/C13H18ClN3O/c1-9-6-11(14)16-7-10(9)17-12(18)13(8-15)4-2-3-5-13/h6-7H,2-5,8,15H2,1H3,(H,17,18). The maximum absolute atomic E-state index is 12.4. The fourth-order valence-electron chi connectivity index (χ4n) is 2.48. The zero-order chi connectivity index (χ0) is 13.2. The summed E-state index contributed by atoms with van der Waals surface area (Å²) in [7, 11) is 0. The quantitative estimate of drug-likeness (QED) is 0.827. The molecule has 1 amide bonds. The van der Waals surface area contributed by atoms with Crippen molar-refractivity contribution in [2.45, 2.75) is 32.6 Å². The number of nitrogens with zero attached hydrogens (tertiary/aromatic N) is 1. The van der Waals surface area contributed by atoms with Crippen molar-refractivity contribution in [1.82, 2.24) is 4.98 Å². The summed E-state index contributed by atoms with van der Waals surface area (Å²) in [5, 5.41) is 3.36. The first-order valence-corrected chi connectivity index (χ1v) is 6.59. The highest BCUT2D eigenvalue weighted by Gasteiger charge is 2.39. The highest BCUT2D eigenvalue weighted by atomic mass is 35.5. The second kappa shape index (κ2) is 5.24. The van der Waals surface area contributed by atoms with Crippen molar-refractivity contribution in [2.75, 3.05) is 11.9 Å². The van der Waals surface area contributed by atoms with E-state index in [4.69, 9.17) is 17.3 Å². The van der Waals surface area contributed by atoms with Crippen molar-refractivity contribution in [2.24, 2.45) is 11.1 Å². The lowest BCUT2D eigenvalue weighted by Crippen LogP contribution is -2.40. The molecule has 0 saturated heterocycles. The Morgan fingerprint density at radius 2 is 2.22 bits per heavy atom. The first-order chi connectivity index (χ1) is 8.57. The summed E-state index contributed by atoms with van der Waals surface area (Å²) in [5.74, 6) is 0.00900. The number of aromatic nitrogens is 1. The molecule has 18 heavy (non-hydrogen) atoms. The van der Waals surface area contributed by atoms with Crippen LogP contribution in [-0.4, -0.2) is 17.4 Å². The normalized spacial score (nSPS) is 17.7. The molecule has 2 rings (SSSR count). The van der Waals surface area contributed by atoms with Gasteiger partial charge in [-0.15, -0.1) is 0 Å². The molecule has 0 radical (unpaired) electrons. The molecule has 0 aliphatic heterocycles. The van der Waals surface area contributed by atoms with E-state index in [0.29, 0.717) is 17.4 Å². The number of rotatable bonds is 3. The largest absolute Gasteiger partial charge is 0.329 e. The van der Waals surface area contributed by atoms with Crippen LogP contribution in [0, 0.1) is 12.3 Å². The molecule has 0 aromatic carbocycles. The smallest absolute Gasteiger partial charge is 0.231 e. The molecule has 1 aliphatic carbocycles. The molecule has 0 atom stereocenters. The van der Waals surface area contributed by atoms with Gasteiger partial charge in [0, 0.05) is 6.54 Å². The summed E-state index contributed by atoms with van der Waals surface area (Å²) in [6.45, 7) is 2.30. The molecule has 3 N–H and O–H groups in total. The molecule has 1 aromatic heterocycles. The molecular formula is C13H18ClN3O. The number of hydrogen-bond acceptors (Lipinski definition) is 3. The monoisotopic (exact) mass is 267 g/mol. The predicted molar refractivity (Wildman–Crippen MR) is 72.6 cm³/mol. The molecule has 1 aromatic rings. The van der Waals surface area contributed by atoms with Crippen LogP contribution >= 0.6 is 11.6 Å². The van der Waals surface area contributed by atoms with E-state index < -0.39 is 5.41 Å². The van der Waals surface area contributed by atoms with Crippen LogP contribution in [0.1, 0.15) is 31.2 Å². The maximum Gasteiger partial charge on any atom is 0.231 e. The van der Waals surface area contributed by atoms with Gasteiger partial charge in [-0.25, -0.2) is 4.98 Å². The number of carbonyl (C=O) groups is 1. The highest BCUT2D eigenvalue weighted by molar-refractivity contribution is 6.29. The van der Waals surface area contributed by atoms with E-state index in [1.807, 2.05) is 6.92 Å². The van der Waals surface area contributed by atoms with Gasteiger partial charge in [0.1, 0.15) is 5.15 Å². The summed E-state index contributed by atoms with van der Waals surface area (Å²) < 4.78 is 0. The van der Waals surface area contributed by atoms with Crippen molar-refractivity contribution in [3.05, 3.63) is 23.0 Å². The number of nitrogens with two attached hydrogens (primary N) is 1. The lowest BCUT2D eigenvalue weighted by Gasteiger charge is -2.26. The third kappa shape index (κ3) is 2.49. The number of halogens is 1. The van der Waals surface area contributed by atoms with E-state index in [-0.39, 0.29) is 5.91 Å². The zero-order valence-electron chi connectivity index (χ0n) is 10.5. The SMILES string of the molecule is Cc1cc(Cl)ncc1NC(=O)C1(CN)CCCC1. The summed E-state index contributed by atoms with van der Waals surface area (Å²) in [6, 6.07) is 1.74. The van der Waals surface area contributed by atoms with Crippen molar-refractivity contribution < 1.29 is 4.79 Å². The van der Waals surface area contributed by atoms with Gasteiger partial charge in [0.25, 0.3) is 0 Å². The van der Waals surface area contributed by atoms with Crippen LogP contribution in [0.2, 0.25) is 5.15 Å². The summed E-state index contributed by atoms with van der Waals surface area (Å²) in [4.78, 5) is 16.3. The number of hydrogen-bond donors (Lipinski definition) is 2. The number of nitrogens with one attached hydrogen (secondary N) is 1. The van der Waals surface area contributed by atoms with Crippen molar-refractivity contribution in [1.29, 1.82) is 0 Å². The molecule has 5 heteroatoms. The van der Waals surface area contributed by atoms with Gasteiger partial charge < -0.3 is 11.1 Å². The number of amides is 1. The van der Waals surface area contributed by atoms with E-state index in [1.165, 1.54) is 0 Å². The minimum Gasteiger partial charge on any atom is -0.329 e. The first kappa shape index (κ1) is 13.3. The van der Waals surface area contributed by atoms with E-state index in [9.17, 15) is 4.79 Å². The van der Waals surface area contributed by atoms with Gasteiger partial charge >= 0.3 is 0 Å². The second-order valence-corrected chi connectivity index (χ2v) is 5.35. The van der Waals surface area contributed by atoms with Crippen molar-refractivity contribution in [3.8, 4) is 0 Å². The van der Waals surface area contributed by atoms with Crippen LogP contribution in [0.25, 0.3) is 0 Å². The Morgan fingerprint density at radius 3 is 2.78 bits per heavy atom. The minimum absolute atomic E-state index is 0.00900. The molecule has 0 bridgehead atoms. The van der Waals surface area contributed by atoms with Crippen LogP contribution in [0.15, 0.2) is 12.3 Å². The average molecular weight is 268 g/mol. The number of pyridine rings is 1. The molecule has 0 spiro atoms. The van der Waals surface area contributed by atoms with Gasteiger partial charge in [-0.1, -0.05) is 24.4 Å². The topological polar surface area (TPSA) is 68.0 Å². The second-order valence-electron chi connectivity index (χ2n) is 4.97. The van der Waals surface area contributed by atoms with Gasteiger partial charge in [-0.2, -0.15) is 0 Å². The lowest BCUT2D eigenvalue weighted by molar-refractivity contribution is -0.124. The van der Waals surface area contributed by atoms with Crippen LogP contribution in [0.4, 0.5) is 5.69 Å². The Bertz CT molecular complexity index is 456. The molecule has 1 heterocycles. The van der Waals surface area contributed by atoms with Crippen LogP contribution in [0.5, 0.6) is 0 Å². The Balaban J connectivity index is 2.15. The maximum atomic E-state index is 12.4. The van der Waals surface area contributed by atoms with Crippen molar-refractivity contribution >= 4 is 23.2 Å². The van der Waals surface area contributed by atoms with Crippen LogP contribution < -0.4 is 11.1 Å². The van der Waals surface area contributed by atoms with E-state index in [1.54, 1.807) is 12.3 Å². The Morgan fingerprint density at radius 1 is 1.56 bits per heavy atom.